The molecule has 0 aliphatic carbocycles. The van der Waals surface area contributed by atoms with Gasteiger partial charge in [-0.3, -0.25) is 14.7 Å². The van der Waals surface area contributed by atoms with Crippen LogP contribution in [-0.2, 0) is 4.79 Å². The van der Waals surface area contributed by atoms with E-state index in [0.29, 0.717) is 25.0 Å². The van der Waals surface area contributed by atoms with Crippen molar-refractivity contribution in [3.63, 3.8) is 0 Å². The van der Waals surface area contributed by atoms with Crippen LogP contribution in [0.5, 0.6) is 0 Å². The number of aromatic nitrogens is 2. The number of imide groups is 1. The number of hydrogen-bond donors (Lipinski definition) is 2. The Morgan fingerprint density at radius 3 is 2.89 bits per heavy atom. The summed E-state index contributed by atoms with van der Waals surface area (Å²) in [6.45, 7) is 7.63. The second-order valence-corrected chi connectivity index (χ2v) is 6.73. The van der Waals surface area contributed by atoms with Crippen LogP contribution in [0.2, 0.25) is 0 Å². The summed E-state index contributed by atoms with van der Waals surface area (Å²) in [5, 5.41) is 5.85. The lowest BCUT2D eigenvalue weighted by molar-refractivity contribution is -0.124. The maximum absolute atomic E-state index is 11.7. The van der Waals surface area contributed by atoms with Gasteiger partial charge in [-0.1, -0.05) is 6.92 Å². The van der Waals surface area contributed by atoms with Crippen molar-refractivity contribution in [1.82, 2.24) is 30.0 Å². The SMILES string of the molecule is CCNC(=NCCN1C(=O)CNC1=O)N1CCC(C)C(n2ccnc2)C1.I. The number of hydrogen-bond acceptors (Lipinski definition) is 4. The Kier molecular flexibility index (Phi) is 7.87. The molecule has 0 bridgehead atoms. The zero-order valence-corrected chi connectivity index (χ0v) is 18.1. The van der Waals surface area contributed by atoms with E-state index in [4.69, 9.17) is 0 Å². The van der Waals surface area contributed by atoms with Gasteiger partial charge in [-0.25, -0.2) is 9.78 Å². The molecule has 3 amide bonds. The lowest BCUT2D eigenvalue weighted by Crippen LogP contribution is -2.49. The van der Waals surface area contributed by atoms with Crippen molar-refractivity contribution in [3.05, 3.63) is 18.7 Å². The van der Waals surface area contributed by atoms with Gasteiger partial charge in [-0.05, 0) is 19.3 Å². The number of piperidine rings is 1. The Bertz CT molecular complexity index is 648. The van der Waals surface area contributed by atoms with E-state index in [1.807, 2.05) is 25.6 Å². The Morgan fingerprint density at radius 1 is 1.44 bits per heavy atom. The maximum Gasteiger partial charge on any atom is 0.324 e. The third-order valence-corrected chi connectivity index (χ3v) is 4.98. The van der Waals surface area contributed by atoms with E-state index in [9.17, 15) is 9.59 Å². The first kappa shape index (κ1) is 21.5. The summed E-state index contributed by atoms with van der Waals surface area (Å²) >= 11 is 0. The summed E-state index contributed by atoms with van der Waals surface area (Å²) in [6.07, 6.45) is 6.75. The number of urea groups is 1. The number of carbonyl (C=O) groups excluding carboxylic acids is 2. The molecule has 9 nitrogen and oxygen atoms in total. The smallest absolute Gasteiger partial charge is 0.324 e. The first-order valence-corrected chi connectivity index (χ1v) is 9.19. The number of aliphatic imine (C=N–C) groups is 1. The third kappa shape index (κ3) is 5.11. The fraction of sp³-hybridized carbons (Fsp3) is 0.647. The third-order valence-electron chi connectivity index (χ3n) is 4.98. The minimum Gasteiger partial charge on any atom is -0.357 e. The molecule has 2 atom stereocenters. The molecule has 2 aliphatic rings. The molecule has 1 aromatic heterocycles. The van der Waals surface area contributed by atoms with Crippen LogP contribution in [0.1, 0.15) is 26.3 Å². The molecule has 3 rings (SSSR count). The van der Waals surface area contributed by atoms with Gasteiger partial charge in [-0.15, -0.1) is 24.0 Å². The fourth-order valence-corrected chi connectivity index (χ4v) is 3.46. The highest BCUT2D eigenvalue weighted by atomic mass is 127. The minimum atomic E-state index is -0.331. The molecule has 2 N–H and O–H groups in total. The number of imidazole rings is 1. The van der Waals surface area contributed by atoms with Gasteiger partial charge in [0, 0.05) is 32.0 Å². The Morgan fingerprint density at radius 2 is 2.26 bits per heavy atom. The van der Waals surface area contributed by atoms with E-state index in [2.05, 4.69) is 37.0 Å². The fourth-order valence-electron chi connectivity index (χ4n) is 3.46. The Hall–Kier alpha value is -1.85. The highest BCUT2D eigenvalue weighted by Crippen LogP contribution is 2.27. The van der Waals surface area contributed by atoms with Crippen LogP contribution in [-0.4, -0.2) is 76.5 Å². The molecule has 150 valence electrons. The van der Waals surface area contributed by atoms with Gasteiger partial charge in [0.2, 0.25) is 5.91 Å². The lowest BCUT2D eigenvalue weighted by atomic mass is 9.93. The van der Waals surface area contributed by atoms with Crippen molar-refractivity contribution in [2.75, 3.05) is 39.3 Å². The van der Waals surface area contributed by atoms with Crippen molar-refractivity contribution >= 4 is 41.9 Å². The number of guanidine groups is 1. The molecule has 2 aliphatic heterocycles. The van der Waals surface area contributed by atoms with Gasteiger partial charge in [0.15, 0.2) is 5.96 Å². The molecule has 0 saturated carbocycles. The largest absolute Gasteiger partial charge is 0.357 e. The molecular formula is C17H28IN7O2. The molecule has 2 unspecified atom stereocenters. The normalized spacial score (nSPS) is 23.3. The molecule has 3 heterocycles. The van der Waals surface area contributed by atoms with Crippen LogP contribution in [0, 0.1) is 5.92 Å². The van der Waals surface area contributed by atoms with Crippen molar-refractivity contribution in [1.29, 1.82) is 0 Å². The average molecular weight is 489 g/mol. The number of carbonyl (C=O) groups is 2. The molecule has 0 aromatic carbocycles. The van der Waals surface area contributed by atoms with Crippen molar-refractivity contribution in [2.45, 2.75) is 26.3 Å². The number of halogens is 1. The monoisotopic (exact) mass is 489 g/mol. The molecule has 0 radical (unpaired) electrons. The van der Waals surface area contributed by atoms with Crippen molar-refractivity contribution < 1.29 is 9.59 Å². The first-order chi connectivity index (χ1) is 12.6. The molecule has 10 heteroatoms. The predicted octanol–water partition coefficient (Wildman–Crippen LogP) is 0.901. The van der Waals surface area contributed by atoms with Crippen LogP contribution < -0.4 is 10.6 Å². The molecular weight excluding hydrogens is 461 g/mol. The molecule has 1 aromatic rings. The van der Waals surface area contributed by atoms with E-state index < -0.39 is 0 Å². The van der Waals surface area contributed by atoms with Gasteiger partial charge in [0.05, 0.1) is 32.0 Å². The number of nitrogens with one attached hydrogen (secondary N) is 2. The second-order valence-electron chi connectivity index (χ2n) is 6.73. The van der Waals surface area contributed by atoms with E-state index >= 15 is 0 Å². The number of amides is 3. The Balaban J connectivity index is 0.00000261. The first-order valence-electron chi connectivity index (χ1n) is 9.19. The van der Waals surface area contributed by atoms with Crippen LogP contribution in [0.3, 0.4) is 0 Å². The van der Waals surface area contributed by atoms with Gasteiger partial charge in [0.1, 0.15) is 0 Å². The summed E-state index contributed by atoms with van der Waals surface area (Å²) in [7, 11) is 0. The van der Waals surface area contributed by atoms with Crippen molar-refractivity contribution in [2.24, 2.45) is 10.9 Å². The van der Waals surface area contributed by atoms with Gasteiger partial charge < -0.3 is 20.1 Å². The lowest BCUT2D eigenvalue weighted by Gasteiger charge is -2.39. The van der Waals surface area contributed by atoms with Crippen LogP contribution >= 0.6 is 24.0 Å². The van der Waals surface area contributed by atoms with E-state index in [-0.39, 0.29) is 42.5 Å². The molecule has 27 heavy (non-hydrogen) atoms. The van der Waals surface area contributed by atoms with E-state index in [1.54, 1.807) is 0 Å². The standard InChI is InChI=1S/C17H27N7O2.HI/c1-3-19-16(20-6-9-24-15(25)10-21-17(24)26)22-7-4-13(2)14(11-22)23-8-5-18-12-23;/h5,8,12-14H,3-4,6-7,9-11H2,1-2H3,(H,19,20)(H,21,26);1H. The summed E-state index contributed by atoms with van der Waals surface area (Å²) in [5.74, 6) is 1.20. The van der Waals surface area contributed by atoms with Crippen molar-refractivity contribution in [3.8, 4) is 0 Å². The predicted molar refractivity (Wildman–Crippen MR) is 113 cm³/mol. The second kappa shape index (κ2) is 9.90. The van der Waals surface area contributed by atoms with Gasteiger partial charge in [-0.2, -0.15) is 0 Å². The zero-order chi connectivity index (χ0) is 18.5. The minimum absolute atomic E-state index is 0. The van der Waals surface area contributed by atoms with E-state index in [1.165, 1.54) is 4.90 Å². The molecule has 2 fully saturated rings. The molecule has 2 saturated heterocycles. The topological polar surface area (TPSA) is 94.9 Å². The zero-order valence-electron chi connectivity index (χ0n) is 15.8. The highest BCUT2D eigenvalue weighted by molar-refractivity contribution is 14.0. The summed E-state index contributed by atoms with van der Waals surface area (Å²) in [6, 6.07) is 0.0169. The van der Waals surface area contributed by atoms with Gasteiger partial charge >= 0.3 is 6.03 Å². The maximum atomic E-state index is 11.7. The Labute approximate surface area is 176 Å². The summed E-state index contributed by atoms with van der Waals surface area (Å²) in [4.78, 5) is 35.6. The average Bonchev–Trinajstić information content (AvgIpc) is 3.27. The van der Waals surface area contributed by atoms with Crippen LogP contribution in [0.15, 0.2) is 23.7 Å². The van der Waals surface area contributed by atoms with Crippen LogP contribution in [0.25, 0.3) is 0 Å². The molecule has 0 spiro atoms. The number of likely N-dealkylation sites (tertiary alicyclic amines) is 1. The number of nitrogens with zero attached hydrogens (tertiary/aromatic N) is 5. The number of rotatable bonds is 5. The summed E-state index contributed by atoms with van der Waals surface area (Å²) in [5.41, 5.74) is 0. The van der Waals surface area contributed by atoms with Gasteiger partial charge in [0.25, 0.3) is 0 Å². The van der Waals surface area contributed by atoms with Crippen LogP contribution in [0.4, 0.5) is 4.79 Å². The van der Waals surface area contributed by atoms with E-state index in [0.717, 1.165) is 32.0 Å². The quantitative estimate of drug-likeness (QED) is 0.278. The summed E-state index contributed by atoms with van der Waals surface area (Å²) < 4.78 is 2.16. The highest BCUT2D eigenvalue weighted by Gasteiger charge is 2.30.